The minimum Gasteiger partial charge on any atom is -0.383 e. The van der Waals surface area contributed by atoms with Crippen molar-refractivity contribution >= 4 is 23.3 Å². The van der Waals surface area contributed by atoms with E-state index in [1.807, 2.05) is 31.3 Å². The van der Waals surface area contributed by atoms with E-state index in [9.17, 15) is 10.1 Å². The van der Waals surface area contributed by atoms with Crippen LogP contribution in [0.5, 0.6) is 0 Å². The molecule has 31 heavy (non-hydrogen) atoms. The number of carbonyl (C=O) groups is 1. The lowest BCUT2D eigenvalue weighted by atomic mass is 10.0. The summed E-state index contributed by atoms with van der Waals surface area (Å²) in [5.41, 5.74) is 4.40. The van der Waals surface area contributed by atoms with Crippen molar-refractivity contribution in [3.63, 3.8) is 0 Å². The smallest absolute Gasteiger partial charge is 0.261 e. The predicted molar refractivity (Wildman–Crippen MR) is 124 cm³/mol. The molecule has 0 saturated carbocycles. The molecule has 1 N–H and O–H groups in total. The van der Waals surface area contributed by atoms with Gasteiger partial charge >= 0.3 is 0 Å². The fourth-order valence-corrected chi connectivity index (χ4v) is 5.49. The number of hydrogen-bond acceptors (Lipinski definition) is 5. The molecule has 1 atom stereocenters. The minimum absolute atomic E-state index is 0.129. The monoisotopic (exact) mass is 440 g/mol. The molecule has 0 bridgehead atoms. The van der Waals surface area contributed by atoms with Gasteiger partial charge in [-0.25, -0.2) is 4.98 Å². The van der Waals surface area contributed by atoms with Gasteiger partial charge in [-0.1, -0.05) is 0 Å². The number of amides is 1. The van der Waals surface area contributed by atoms with E-state index in [0.717, 1.165) is 47.6 Å². The van der Waals surface area contributed by atoms with Crippen LogP contribution in [0.15, 0.2) is 11.6 Å². The van der Waals surface area contributed by atoms with Crippen LogP contribution < -0.4 is 5.32 Å². The SMILES string of the molecule is COCC(C)n1c(C)cc(/C=C(/C#N)C(=O)NCCCc2nc3c(s2)CCCC3)c1C. The van der Waals surface area contributed by atoms with Crippen LogP contribution in [0.4, 0.5) is 0 Å². The molecule has 7 heteroatoms. The van der Waals surface area contributed by atoms with E-state index < -0.39 is 0 Å². The van der Waals surface area contributed by atoms with Crippen LogP contribution in [0.25, 0.3) is 6.08 Å². The molecule has 0 fully saturated rings. The van der Waals surface area contributed by atoms with Crippen molar-refractivity contribution in [1.82, 2.24) is 14.9 Å². The highest BCUT2D eigenvalue weighted by Crippen LogP contribution is 2.27. The van der Waals surface area contributed by atoms with Crippen LogP contribution >= 0.6 is 11.3 Å². The first-order valence-electron chi connectivity index (χ1n) is 11.0. The summed E-state index contributed by atoms with van der Waals surface area (Å²) in [4.78, 5) is 18.7. The van der Waals surface area contributed by atoms with Crippen LogP contribution in [0.2, 0.25) is 0 Å². The summed E-state index contributed by atoms with van der Waals surface area (Å²) in [6, 6.07) is 4.25. The van der Waals surface area contributed by atoms with Crippen LogP contribution in [0, 0.1) is 25.2 Å². The molecule has 0 spiro atoms. The Morgan fingerprint density at radius 1 is 1.42 bits per heavy atom. The largest absolute Gasteiger partial charge is 0.383 e. The van der Waals surface area contributed by atoms with E-state index >= 15 is 0 Å². The number of aromatic nitrogens is 2. The highest BCUT2D eigenvalue weighted by Gasteiger charge is 2.17. The van der Waals surface area contributed by atoms with Gasteiger partial charge in [0, 0.05) is 36.3 Å². The number of thiazole rings is 1. The van der Waals surface area contributed by atoms with Gasteiger partial charge in [-0.05, 0) is 70.6 Å². The molecule has 3 rings (SSSR count). The van der Waals surface area contributed by atoms with Crippen molar-refractivity contribution in [2.45, 2.75) is 65.3 Å². The maximum Gasteiger partial charge on any atom is 0.261 e. The molecule has 2 aromatic rings. The third-order valence-corrected chi connectivity index (χ3v) is 7.00. The van der Waals surface area contributed by atoms with Gasteiger partial charge in [0.05, 0.1) is 23.4 Å². The average molecular weight is 441 g/mol. The lowest BCUT2D eigenvalue weighted by molar-refractivity contribution is -0.117. The number of carbonyl (C=O) groups excluding carboxylic acids is 1. The van der Waals surface area contributed by atoms with Gasteiger partial charge in [0.15, 0.2) is 0 Å². The minimum atomic E-state index is -0.323. The van der Waals surface area contributed by atoms with Gasteiger partial charge in [-0.15, -0.1) is 11.3 Å². The Morgan fingerprint density at radius 2 is 2.19 bits per heavy atom. The first-order valence-corrected chi connectivity index (χ1v) is 11.8. The van der Waals surface area contributed by atoms with Crippen LogP contribution in [0.1, 0.15) is 64.8 Å². The van der Waals surface area contributed by atoms with Gasteiger partial charge in [0.25, 0.3) is 5.91 Å². The Balaban J connectivity index is 1.57. The summed E-state index contributed by atoms with van der Waals surface area (Å²) >= 11 is 1.82. The standard InChI is InChI=1S/C24H32N4O2S/c1-16-12-19(18(3)28(16)17(2)15-30-4)13-20(14-25)24(29)26-11-7-10-23-27-21-8-5-6-9-22(21)31-23/h12-13,17H,5-11,15H2,1-4H3,(H,26,29)/b20-13-. The number of rotatable bonds is 9. The van der Waals surface area contributed by atoms with Gasteiger partial charge in [0.1, 0.15) is 11.6 Å². The summed E-state index contributed by atoms with van der Waals surface area (Å²) in [6.45, 7) is 7.26. The molecule has 2 heterocycles. The van der Waals surface area contributed by atoms with Crippen LogP contribution in [-0.2, 0) is 28.8 Å². The Bertz CT molecular complexity index is 973. The molecule has 1 aliphatic rings. The maximum atomic E-state index is 12.5. The van der Waals surface area contributed by atoms with Crippen molar-refractivity contribution in [2.24, 2.45) is 0 Å². The number of nitriles is 1. The molecule has 0 radical (unpaired) electrons. The zero-order valence-corrected chi connectivity index (χ0v) is 19.8. The second-order valence-electron chi connectivity index (χ2n) is 8.21. The molecule has 1 aliphatic carbocycles. The third-order valence-electron chi connectivity index (χ3n) is 5.78. The molecule has 166 valence electrons. The number of aryl methyl sites for hydroxylation is 4. The molecule has 0 aromatic carbocycles. The van der Waals surface area contributed by atoms with E-state index in [2.05, 4.69) is 22.9 Å². The number of hydrogen-bond donors (Lipinski definition) is 1. The second-order valence-corrected chi connectivity index (χ2v) is 9.38. The highest BCUT2D eigenvalue weighted by molar-refractivity contribution is 7.11. The average Bonchev–Trinajstić information content (AvgIpc) is 3.29. The van der Waals surface area contributed by atoms with E-state index in [1.54, 1.807) is 13.2 Å². The Kier molecular flexibility index (Phi) is 8.05. The quantitative estimate of drug-likeness (QED) is 0.358. The summed E-state index contributed by atoms with van der Waals surface area (Å²) in [6.07, 6.45) is 8.13. The highest BCUT2D eigenvalue weighted by atomic mass is 32.1. The van der Waals surface area contributed by atoms with E-state index in [4.69, 9.17) is 9.72 Å². The summed E-state index contributed by atoms with van der Waals surface area (Å²) in [5, 5.41) is 13.6. The predicted octanol–water partition coefficient (Wildman–Crippen LogP) is 4.30. The second kappa shape index (κ2) is 10.7. The first kappa shape index (κ1) is 23.2. The normalized spacial score (nSPS) is 14.7. The van der Waals surface area contributed by atoms with Crippen molar-refractivity contribution in [1.29, 1.82) is 5.26 Å². The van der Waals surface area contributed by atoms with E-state index in [-0.39, 0.29) is 17.5 Å². The molecule has 2 aromatic heterocycles. The fraction of sp³-hybridized carbons (Fsp3) is 0.542. The maximum absolute atomic E-state index is 12.5. The Labute approximate surface area is 188 Å². The molecule has 6 nitrogen and oxygen atoms in total. The number of nitrogens with one attached hydrogen (secondary N) is 1. The number of fused-ring (bicyclic) bond motifs is 1. The molecule has 1 unspecified atom stereocenters. The number of ether oxygens (including phenoxy) is 1. The lowest BCUT2D eigenvalue weighted by Crippen LogP contribution is -2.25. The third kappa shape index (κ3) is 5.63. The van der Waals surface area contributed by atoms with Crippen LogP contribution in [0.3, 0.4) is 0 Å². The number of nitrogens with zero attached hydrogens (tertiary/aromatic N) is 3. The Morgan fingerprint density at radius 3 is 2.90 bits per heavy atom. The van der Waals surface area contributed by atoms with E-state index in [0.29, 0.717) is 13.2 Å². The fourth-order valence-electron chi connectivity index (χ4n) is 4.30. The molecule has 0 aliphatic heterocycles. The number of methoxy groups -OCH3 is 1. The molecular weight excluding hydrogens is 408 g/mol. The van der Waals surface area contributed by atoms with Crippen molar-refractivity contribution in [2.75, 3.05) is 20.3 Å². The van der Waals surface area contributed by atoms with Crippen molar-refractivity contribution in [3.8, 4) is 6.07 Å². The molecular formula is C24H32N4O2S. The first-order chi connectivity index (χ1) is 14.9. The molecule has 1 amide bonds. The zero-order chi connectivity index (χ0) is 22.4. The van der Waals surface area contributed by atoms with Crippen molar-refractivity contribution in [3.05, 3.63) is 44.2 Å². The van der Waals surface area contributed by atoms with Gasteiger partial charge < -0.3 is 14.6 Å². The molecule has 0 saturated heterocycles. The van der Waals surface area contributed by atoms with Gasteiger partial charge in [-0.2, -0.15) is 5.26 Å². The zero-order valence-electron chi connectivity index (χ0n) is 19.0. The Hall–Kier alpha value is -2.43. The summed E-state index contributed by atoms with van der Waals surface area (Å²) in [5.74, 6) is -0.323. The van der Waals surface area contributed by atoms with E-state index in [1.165, 1.54) is 23.4 Å². The summed E-state index contributed by atoms with van der Waals surface area (Å²) < 4.78 is 7.45. The van der Waals surface area contributed by atoms with Crippen LogP contribution in [-0.4, -0.2) is 35.7 Å². The summed E-state index contributed by atoms with van der Waals surface area (Å²) in [7, 11) is 1.69. The topological polar surface area (TPSA) is 79.9 Å². The lowest BCUT2D eigenvalue weighted by Gasteiger charge is -2.17. The van der Waals surface area contributed by atoms with Gasteiger partial charge in [-0.3, -0.25) is 4.79 Å². The van der Waals surface area contributed by atoms with Gasteiger partial charge in [0.2, 0.25) is 0 Å². The van der Waals surface area contributed by atoms with Crippen molar-refractivity contribution < 1.29 is 9.53 Å².